The van der Waals surface area contributed by atoms with Crippen LogP contribution in [0.5, 0.6) is 5.75 Å². The van der Waals surface area contributed by atoms with Gasteiger partial charge in [-0.3, -0.25) is 9.20 Å². The highest BCUT2D eigenvalue weighted by Crippen LogP contribution is 2.31. The number of nitrogens with one attached hydrogen (secondary N) is 2. The van der Waals surface area contributed by atoms with Crippen molar-refractivity contribution in [1.29, 1.82) is 0 Å². The van der Waals surface area contributed by atoms with Crippen molar-refractivity contribution in [3.8, 4) is 5.75 Å². The van der Waals surface area contributed by atoms with Crippen molar-refractivity contribution in [2.45, 2.75) is 52.3 Å². The molecule has 2 atom stereocenters. The second kappa shape index (κ2) is 11.8. The van der Waals surface area contributed by atoms with E-state index >= 15 is 0 Å². The van der Waals surface area contributed by atoms with E-state index in [-0.39, 0.29) is 34.8 Å². The first-order chi connectivity index (χ1) is 13.3. The van der Waals surface area contributed by atoms with E-state index in [4.69, 9.17) is 9.15 Å². The van der Waals surface area contributed by atoms with Crippen molar-refractivity contribution in [2.24, 2.45) is 4.99 Å². The molecule has 0 bridgehead atoms. The largest absolute Gasteiger partial charge is 0.490 e. The molecule has 0 aliphatic rings. The summed E-state index contributed by atoms with van der Waals surface area (Å²) < 4.78 is 23.7. The average molecular weight is 535 g/mol. The number of hydrogen-bond donors (Lipinski definition) is 2. The first-order valence-corrected chi connectivity index (χ1v) is 11.2. The maximum Gasteiger partial charge on any atom is 0.191 e. The van der Waals surface area contributed by atoms with E-state index in [1.165, 1.54) is 0 Å². The number of nitrogens with zero attached hydrogens (tertiary/aromatic N) is 1. The summed E-state index contributed by atoms with van der Waals surface area (Å²) in [5.41, 5.74) is 0.760. The maximum absolute atomic E-state index is 12.2. The van der Waals surface area contributed by atoms with Gasteiger partial charge in [0.15, 0.2) is 17.3 Å². The molecule has 1 aromatic heterocycles. The minimum absolute atomic E-state index is 0. The lowest BCUT2D eigenvalue weighted by Gasteiger charge is -2.18. The zero-order valence-corrected chi connectivity index (χ0v) is 21.4. The van der Waals surface area contributed by atoms with Crippen molar-refractivity contribution in [1.82, 2.24) is 10.6 Å². The third-order valence-corrected chi connectivity index (χ3v) is 6.10. The highest BCUT2D eigenvalue weighted by molar-refractivity contribution is 14.0. The zero-order valence-electron chi connectivity index (χ0n) is 18.2. The Morgan fingerprint density at radius 3 is 2.66 bits per heavy atom. The molecule has 29 heavy (non-hydrogen) atoms. The summed E-state index contributed by atoms with van der Waals surface area (Å²) in [6.07, 6.45) is 0. The third kappa shape index (κ3) is 7.47. The number of benzene rings is 1. The van der Waals surface area contributed by atoms with Gasteiger partial charge in [0.25, 0.3) is 0 Å². The van der Waals surface area contributed by atoms with Gasteiger partial charge in [0, 0.05) is 33.2 Å². The summed E-state index contributed by atoms with van der Waals surface area (Å²) in [4.78, 5) is 4.57. The van der Waals surface area contributed by atoms with Gasteiger partial charge in [-0.1, -0.05) is 12.1 Å². The molecule has 164 valence electrons. The maximum atomic E-state index is 12.2. The molecule has 2 unspecified atom stereocenters. The van der Waals surface area contributed by atoms with Crippen molar-refractivity contribution in [3.05, 3.63) is 30.0 Å². The van der Waals surface area contributed by atoms with Crippen molar-refractivity contribution in [2.75, 3.05) is 25.4 Å². The molecule has 1 aromatic carbocycles. The van der Waals surface area contributed by atoms with Crippen molar-refractivity contribution >= 4 is 51.7 Å². The van der Waals surface area contributed by atoms with Crippen LogP contribution in [0.25, 0.3) is 11.0 Å². The number of rotatable bonds is 8. The molecule has 6 nitrogen and oxygen atoms in total. The summed E-state index contributed by atoms with van der Waals surface area (Å²) in [7, 11) is -0.917. The van der Waals surface area contributed by atoms with Crippen LogP contribution in [0.2, 0.25) is 0 Å². The number of halogens is 1. The number of ether oxygens (including phenoxy) is 1. The molecule has 0 saturated heterocycles. The minimum Gasteiger partial charge on any atom is -0.490 e. The smallest absolute Gasteiger partial charge is 0.191 e. The lowest BCUT2D eigenvalue weighted by Crippen LogP contribution is -2.39. The predicted molar refractivity (Wildman–Crippen MR) is 133 cm³/mol. The van der Waals surface area contributed by atoms with E-state index < -0.39 is 10.8 Å². The molecule has 2 N–H and O–H groups in total. The molecule has 0 saturated carbocycles. The summed E-state index contributed by atoms with van der Waals surface area (Å²) in [5.74, 6) is 2.79. The van der Waals surface area contributed by atoms with Gasteiger partial charge in [0.2, 0.25) is 0 Å². The van der Waals surface area contributed by atoms with E-state index in [0.717, 1.165) is 29.0 Å². The molecular weight excluding hydrogens is 501 g/mol. The Labute approximate surface area is 193 Å². The first kappa shape index (κ1) is 25.7. The Kier molecular flexibility index (Phi) is 10.5. The molecule has 0 spiro atoms. The van der Waals surface area contributed by atoms with Gasteiger partial charge in [0.1, 0.15) is 5.76 Å². The Bertz CT molecular complexity index is 830. The van der Waals surface area contributed by atoms with Crippen LogP contribution in [0, 0.1) is 0 Å². The number of aliphatic imine (C=N–C) groups is 1. The van der Waals surface area contributed by atoms with Crippen LogP contribution < -0.4 is 15.4 Å². The topological polar surface area (TPSA) is 75.9 Å². The molecule has 0 fully saturated rings. The molecular formula is C21H34IN3O3S. The van der Waals surface area contributed by atoms with Crippen LogP contribution in [0.3, 0.4) is 0 Å². The highest BCUT2D eigenvalue weighted by atomic mass is 127. The summed E-state index contributed by atoms with van der Waals surface area (Å²) in [6, 6.07) is 7.84. The molecule has 1 heterocycles. The van der Waals surface area contributed by atoms with Gasteiger partial charge in [-0.2, -0.15) is 0 Å². The normalized spacial score (nSPS) is 14.2. The van der Waals surface area contributed by atoms with Gasteiger partial charge >= 0.3 is 0 Å². The summed E-state index contributed by atoms with van der Waals surface area (Å²) >= 11 is 0. The molecule has 0 radical (unpaired) electrons. The van der Waals surface area contributed by atoms with Gasteiger partial charge < -0.3 is 19.8 Å². The number of para-hydroxylation sites is 1. The van der Waals surface area contributed by atoms with Crippen LogP contribution in [-0.4, -0.2) is 40.4 Å². The monoisotopic (exact) mass is 535 g/mol. The second-order valence-corrected chi connectivity index (χ2v) is 9.87. The molecule has 0 aliphatic carbocycles. The summed E-state index contributed by atoms with van der Waals surface area (Å²) in [6.45, 7) is 13.8. The molecule has 2 rings (SSSR count). The van der Waals surface area contributed by atoms with Gasteiger partial charge in [-0.15, -0.1) is 24.0 Å². The Balaban J connectivity index is 0.00000420. The molecule has 0 amide bonds. The molecule has 0 aliphatic heterocycles. The predicted octanol–water partition coefficient (Wildman–Crippen LogP) is 4.61. The number of fused-ring (bicyclic) bond motifs is 1. The van der Waals surface area contributed by atoms with Crippen molar-refractivity contribution in [3.63, 3.8) is 0 Å². The van der Waals surface area contributed by atoms with E-state index in [1.54, 1.807) is 0 Å². The van der Waals surface area contributed by atoms with Gasteiger partial charge in [-0.25, -0.2) is 0 Å². The Morgan fingerprint density at radius 2 is 2.03 bits per heavy atom. The second-order valence-electron chi connectivity index (χ2n) is 7.54. The van der Waals surface area contributed by atoms with Crippen LogP contribution in [-0.2, 0) is 10.8 Å². The third-order valence-electron chi connectivity index (χ3n) is 4.18. The first-order valence-electron chi connectivity index (χ1n) is 9.84. The van der Waals surface area contributed by atoms with Crippen LogP contribution in [0.4, 0.5) is 0 Å². The fourth-order valence-electron chi connectivity index (χ4n) is 2.68. The van der Waals surface area contributed by atoms with E-state index in [2.05, 4.69) is 15.6 Å². The van der Waals surface area contributed by atoms with E-state index in [0.29, 0.717) is 24.9 Å². The van der Waals surface area contributed by atoms with Crippen molar-refractivity contribution < 1.29 is 13.4 Å². The highest BCUT2D eigenvalue weighted by Gasteiger charge is 2.19. The van der Waals surface area contributed by atoms with Crippen LogP contribution in [0.1, 0.15) is 53.3 Å². The summed E-state index contributed by atoms with van der Waals surface area (Å²) in [5, 5.41) is 7.61. The number of furan rings is 1. The lowest BCUT2D eigenvalue weighted by atomic mass is 10.2. The fourth-order valence-corrected chi connectivity index (χ4v) is 3.55. The minimum atomic E-state index is -0.917. The zero-order chi connectivity index (χ0) is 20.7. The van der Waals surface area contributed by atoms with Gasteiger partial charge in [-0.05, 0) is 53.7 Å². The van der Waals surface area contributed by atoms with Gasteiger partial charge in [0.05, 0.1) is 19.2 Å². The Morgan fingerprint density at radius 1 is 1.31 bits per heavy atom. The Hall–Kier alpha value is -1.29. The van der Waals surface area contributed by atoms with Crippen LogP contribution in [0.15, 0.2) is 33.7 Å². The molecule has 2 aromatic rings. The molecule has 8 heteroatoms. The number of hydrogen-bond acceptors (Lipinski definition) is 4. The fraction of sp³-hybridized carbons (Fsp3) is 0.571. The standard InChI is InChI=1S/C21H33N3O3S.HI/c1-7-22-20(23-12-13-28(25)21(4,5)6)24-15(3)18-14-16-10-9-11-17(26-8-2)19(16)27-18;/h9-11,14-15H,7-8,12-13H2,1-6H3,(H2,22,23,24);1H. The SMILES string of the molecule is CCNC(=NCCS(=O)C(C)(C)C)NC(C)c1cc2cccc(OCC)c2o1.I. The van der Waals surface area contributed by atoms with E-state index in [1.807, 2.05) is 65.8 Å². The number of guanidine groups is 1. The van der Waals surface area contributed by atoms with E-state index in [9.17, 15) is 4.21 Å². The quantitative estimate of drug-likeness (QED) is 0.293. The van der Waals surface area contributed by atoms with Crippen LogP contribution >= 0.6 is 24.0 Å². The average Bonchev–Trinajstić information content (AvgIpc) is 3.06. The lowest BCUT2D eigenvalue weighted by molar-refractivity contribution is 0.336.